The molecule has 1 heterocycles. The first-order valence-corrected chi connectivity index (χ1v) is 8.68. The Labute approximate surface area is 135 Å². The number of aryl methyl sites for hydroxylation is 2. The van der Waals surface area contributed by atoms with Gasteiger partial charge < -0.3 is 14.6 Å². The number of carbonyl (C=O) groups is 1. The Kier molecular flexibility index (Phi) is 5.28. The lowest BCUT2D eigenvalue weighted by Crippen LogP contribution is -2.46. The minimum absolute atomic E-state index is 0.0190. The molecule has 0 amide bonds. The predicted octanol–water partition coefficient (Wildman–Crippen LogP) is 1.18. The Balaban J connectivity index is 2.37. The molecule has 8 heteroatoms. The van der Waals surface area contributed by atoms with E-state index < -0.39 is 22.1 Å². The average Bonchev–Trinajstić information content (AvgIpc) is 2.45. The van der Waals surface area contributed by atoms with E-state index in [1.165, 1.54) is 11.4 Å². The number of methoxy groups -OCH3 is 1. The summed E-state index contributed by atoms with van der Waals surface area (Å²) in [7, 11) is -2.36. The molecule has 1 atom stereocenters. The highest BCUT2D eigenvalue weighted by atomic mass is 32.2. The number of nitrogens with zero attached hydrogens (tertiary/aromatic N) is 1. The van der Waals surface area contributed by atoms with Gasteiger partial charge in [-0.05, 0) is 31.0 Å². The SMILES string of the molecule is COc1cc(C)cc(C)c1S(=O)(=O)N1CCOC(CC(=O)O)C1. The second-order valence-corrected chi connectivity index (χ2v) is 7.44. The number of hydrogen-bond acceptors (Lipinski definition) is 5. The lowest BCUT2D eigenvalue weighted by molar-refractivity contribution is -0.141. The van der Waals surface area contributed by atoms with Gasteiger partial charge in [-0.3, -0.25) is 4.79 Å². The van der Waals surface area contributed by atoms with E-state index in [9.17, 15) is 13.2 Å². The van der Waals surface area contributed by atoms with Gasteiger partial charge in [-0.1, -0.05) is 6.07 Å². The minimum Gasteiger partial charge on any atom is -0.495 e. The summed E-state index contributed by atoms with van der Waals surface area (Å²) < 4.78 is 37.8. The molecular weight excluding hydrogens is 322 g/mol. The van der Waals surface area contributed by atoms with E-state index in [4.69, 9.17) is 14.6 Å². The highest BCUT2D eigenvalue weighted by Crippen LogP contribution is 2.32. The summed E-state index contributed by atoms with van der Waals surface area (Å²) in [6, 6.07) is 3.46. The first kappa shape index (κ1) is 17.7. The first-order valence-electron chi connectivity index (χ1n) is 7.24. The summed E-state index contributed by atoms with van der Waals surface area (Å²) in [5.74, 6) is -0.720. The van der Waals surface area contributed by atoms with Crippen LogP contribution in [0, 0.1) is 13.8 Å². The molecule has 1 aliphatic heterocycles. The number of carboxylic acid groups (broad SMARTS) is 1. The van der Waals surface area contributed by atoms with Gasteiger partial charge in [0.2, 0.25) is 10.0 Å². The third-order valence-corrected chi connectivity index (χ3v) is 5.76. The zero-order chi connectivity index (χ0) is 17.2. The van der Waals surface area contributed by atoms with Crippen LogP contribution in [0.1, 0.15) is 17.5 Å². The van der Waals surface area contributed by atoms with Crippen LogP contribution < -0.4 is 4.74 Å². The van der Waals surface area contributed by atoms with Crippen molar-refractivity contribution in [2.45, 2.75) is 31.3 Å². The molecule has 0 spiro atoms. The monoisotopic (exact) mass is 343 g/mol. The van der Waals surface area contributed by atoms with Gasteiger partial charge in [0.15, 0.2) is 0 Å². The Morgan fingerprint density at radius 1 is 1.43 bits per heavy atom. The maximum atomic E-state index is 13.0. The third kappa shape index (κ3) is 3.82. The summed E-state index contributed by atoms with van der Waals surface area (Å²) in [6.45, 7) is 3.96. The maximum absolute atomic E-state index is 13.0. The maximum Gasteiger partial charge on any atom is 0.306 e. The quantitative estimate of drug-likeness (QED) is 0.863. The lowest BCUT2D eigenvalue weighted by Gasteiger charge is -2.32. The zero-order valence-electron chi connectivity index (χ0n) is 13.4. The zero-order valence-corrected chi connectivity index (χ0v) is 14.2. The first-order chi connectivity index (χ1) is 10.8. The number of morpholine rings is 1. The molecular formula is C15H21NO6S. The third-order valence-electron chi connectivity index (χ3n) is 3.71. The molecule has 1 N–H and O–H groups in total. The van der Waals surface area contributed by atoms with Crippen LogP contribution in [0.3, 0.4) is 0 Å². The van der Waals surface area contributed by atoms with Crippen LogP contribution in [0.15, 0.2) is 17.0 Å². The van der Waals surface area contributed by atoms with Crippen molar-refractivity contribution in [3.63, 3.8) is 0 Å². The van der Waals surface area contributed by atoms with Gasteiger partial charge in [0, 0.05) is 13.1 Å². The van der Waals surface area contributed by atoms with Gasteiger partial charge >= 0.3 is 5.97 Å². The Hall–Kier alpha value is -1.64. The van der Waals surface area contributed by atoms with E-state index in [1.807, 2.05) is 6.92 Å². The van der Waals surface area contributed by atoms with Crippen LogP contribution in [0.5, 0.6) is 5.75 Å². The van der Waals surface area contributed by atoms with Crippen molar-refractivity contribution in [2.75, 3.05) is 26.8 Å². The number of sulfonamides is 1. The molecule has 7 nitrogen and oxygen atoms in total. The van der Waals surface area contributed by atoms with Crippen LogP contribution in [0.2, 0.25) is 0 Å². The topological polar surface area (TPSA) is 93.1 Å². The summed E-state index contributed by atoms with van der Waals surface area (Å²) >= 11 is 0. The second kappa shape index (κ2) is 6.86. The minimum atomic E-state index is -3.79. The van der Waals surface area contributed by atoms with Crippen molar-refractivity contribution in [3.8, 4) is 5.75 Å². The molecule has 0 bridgehead atoms. The van der Waals surface area contributed by atoms with Crippen molar-refractivity contribution in [1.82, 2.24) is 4.31 Å². The van der Waals surface area contributed by atoms with Gasteiger partial charge in [0.1, 0.15) is 10.6 Å². The van der Waals surface area contributed by atoms with Crippen molar-refractivity contribution >= 4 is 16.0 Å². The number of benzene rings is 1. The molecule has 2 rings (SSSR count). The molecule has 1 saturated heterocycles. The van der Waals surface area contributed by atoms with Crippen molar-refractivity contribution in [3.05, 3.63) is 23.3 Å². The summed E-state index contributed by atoms with van der Waals surface area (Å²) in [5, 5.41) is 8.86. The fourth-order valence-electron chi connectivity index (χ4n) is 2.76. The summed E-state index contributed by atoms with van der Waals surface area (Å²) in [4.78, 5) is 10.9. The Bertz CT molecular complexity index is 700. The molecule has 0 saturated carbocycles. The average molecular weight is 343 g/mol. The fourth-order valence-corrected chi connectivity index (χ4v) is 4.55. The molecule has 23 heavy (non-hydrogen) atoms. The summed E-state index contributed by atoms with van der Waals surface area (Å²) in [5.41, 5.74) is 1.51. The normalized spacial score (nSPS) is 19.5. The predicted molar refractivity (Wildman–Crippen MR) is 83.2 cm³/mol. The van der Waals surface area contributed by atoms with Gasteiger partial charge in [-0.25, -0.2) is 8.42 Å². The van der Waals surface area contributed by atoms with Crippen LogP contribution in [0.4, 0.5) is 0 Å². The number of ether oxygens (including phenoxy) is 2. The van der Waals surface area contributed by atoms with Crippen molar-refractivity contribution in [1.29, 1.82) is 0 Å². The molecule has 1 aliphatic rings. The Morgan fingerprint density at radius 3 is 2.74 bits per heavy atom. The highest BCUT2D eigenvalue weighted by Gasteiger charge is 2.34. The largest absolute Gasteiger partial charge is 0.495 e. The van der Waals surface area contributed by atoms with E-state index in [1.54, 1.807) is 19.1 Å². The van der Waals surface area contributed by atoms with E-state index >= 15 is 0 Å². The van der Waals surface area contributed by atoms with Gasteiger partial charge in [0.05, 0.1) is 26.2 Å². The molecule has 0 radical (unpaired) electrons. The molecule has 1 unspecified atom stereocenters. The molecule has 0 aliphatic carbocycles. The Morgan fingerprint density at radius 2 is 2.13 bits per heavy atom. The summed E-state index contributed by atoms with van der Waals surface area (Å²) in [6.07, 6.45) is -0.872. The van der Waals surface area contributed by atoms with Crippen LogP contribution in [-0.4, -0.2) is 56.7 Å². The number of rotatable bonds is 5. The van der Waals surface area contributed by atoms with E-state index in [0.29, 0.717) is 11.3 Å². The lowest BCUT2D eigenvalue weighted by atomic mass is 10.1. The fraction of sp³-hybridized carbons (Fsp3) is 0.533. The van der Waals surface area contributed by atoms with Crippen molar-refractivity contribution < 1.29 is 27.8 Å². The standard InChI is InChI=1S/C15H21NO6S/c1-10-6-11(2)15(13(7-10)21-3)23(19,20)16-4-5-22-12(9-16)8-14(17)18/h6-7,12H,4-5,8-9H2,1-3H3,(H,17,18). The molecule has 0 aromatic heterocycles. The number of hydrogen-bond donors (Lipinski definition) is 1. The van der Waals surface area contributed by atoms with E-state index in [0.717, 1.165) is 5.56 Å². The molecule has 1 fully saturated rings. The molecule has 1 aromatic rings. The van der Waals surface area contributed by atoms with Crippen LogP contribution in [-0.2, 0) is 19.6 Å². The van der Waals surface area contributed by atoms with Crippen LogP contribution in [0.25, 0.3) is 0 Å². The molecule has 1 aromatic carbocycles. The van der Waals surface area contributed by atoms with Gasteiger partial charge in [-0.2, -0.15) is 4.31 Å². The van der Waals surface area contributed by atoms with E-state index in [-0.39, 0.29) is 31.0 Å². The van der Waals surface area contributed by atoms with Crippen LogP contribution >= 0.6 is 0 Å². The second-order valence-electron chi connectivity index (χ2n) is 5.57. The molecule has 128 valence electrons. The number of aliphatic carboxylic acids is 1. The van der Waals surface area contributed by atoms with Gasteiger partial charge in [0.25, 0.3) is 0 Å². The van der Waals surface area contributed by atoms with Crippen molar-refractivity contribution in [2.24, 2.45) is 0 Å². The van der Waals surface area contributed by atoms with Gasteiger partial charge in [-0.15, -0.1) is 0 Å². The number of carboxylic acids is 1. The van der Waals surface area contributed by atoms with E-state index in [2.05, 4.69) is 0 Å². The highest BCUT2D eigenvalue weighted by molar-refractivity contribution is 7.89. The smallest absolute Gasteiger partial charge is 0.306 e.